The van der Waals surface area contributed by atoms with Crippen LogP contribution in [0.5, 0.6) is 0 Å². The Morgan fingerprint density at radius 3 is 2.57 bits per heavy atom. The van der Waals surface area contributed by atoms with Gasteiger partial charge >= 0.3 is 6.18 Å². The number of nitrogens with one attached hydrogen (secondary N) is 1. The van der Waals surface area contributed by atoms with Crippen molar-refractivity contribution in [2.24, 2.45) is 0 Å². The van der Waals surface area contributed by atoms with Crippen molar-refractivity contribution in [2.45, 2.75) is 26.4 Å². The first kappa shape index (κ1) is 20.7. The van der Waals surface area contributed by atoms with Crippen molar-refractivity contribution < 1.29 is 13.2 Å². The first-order chi connectivity index (χ1) is 14.3. The molecule has 1 aromatic carbocycles. The summed E-state index contributed by atoms with van der Waals surface area (Å²) in [5, 5.41) is 9.82. The van der Waals surface area contributed by atoms with E-state index in [-0.39, 0.29) is 0 Å². The van der Waals surface area contributed by atoms with Gasteiger partial charge in [-0.1, -0.05) is 30.2 Å². The second-order valence-corrected chi connectivity index (χ2v) is 8.30. The maximum absolute atomic E-state index is 13.2. The number of rotatable bonds is 5. The third kappa shape index (κ3) is 3.89. The van der Waals surface area contributed by atoms with Crippen LogP contribution in [0.2, 0.25) is 0 Å². The van der Waals surface area contributed by atoms with Crippen LogP contribution in [0.15, 0.2) is 36.7 Å². The number of benzene rings is 1. The van der Waals surface area contributed by atoms with Crippen LogP contribution in [0.4, 0.5) is 18.9 Å². The summed E-state index contributed by atoms with van der Waals surface area (Å²) in [4.78, 5) is 4.54. The van der Waals surface area contributed by atoms with Gasteiger partial charge < -0.3 is 9.12 Å². The summed E-state index contributed by atoms with van der Waals surface area (Å²) in [5.74, 6) is 0. The lowest BCUT2D eigenvalue weighted by atomic mass is 10.1. The van der Waals surface area contributed by atoms with Gasteiger partial charge in [-0.3, -0.25) is 0 Å². The number of imidazole rings is 1. The Morgan fingerprint density at radius 1 is 1.13 bits per heavy atom. The summed E-state index contributed by atoms with van der Waals surface area (Å²) < 4.78 is 44.2. The van der Waals surface area contributed by atoms with Crippen LogP contribution >= 0.6 is 23.3 Å². The van der Waals surface area contributed by atoms with Crippen molar-refractivity contribution in [3.63, 3.8) is 0 Å². The van der Waals surface area contributed by atoms with Crippen molar-refractivity contribution in [3.05, 3.63) is 53.3 Å². The SMILES string of the molecule is CCc1cc(C(F)(F)F)cn2cc(-c3nnc(-c4ccc(NSC)cc4C)s3)nc12. The first-order valence-electron chi connectivity index (χ1n) is 9.13. The van der Waals surface area contributed by atoms with Crippen LogP contribution in [0, 0.1) is 6.92 Å². The largest absolute Gasteiger partial charge is 0.417 e. The van der Waals surface area contributed by atoms with Crippen molar-refractivity contribution in [1.82, 2.24) is 19.6 Å². The number of pyridine rings is 1. The van der Waals surface area contributed by atoms with E-state index in [1.165, 1.54) is 27.7 Å². The number of fused-ring (bicyclic) bond motifs is 1. The molecule has 0 saturated heterocycles. The summed E-state index contributed by atoms with van der Waals surface area (Å²) in [5.41, 5.74) is 3.86. The zero-order valence-electron chi connectivity index (χ0n) is 16.4. The maximum atomic E-state index is 13.2. The molecule has 4 rings (SSSR count). The molecule has 0 atom stereocenters. The lowest BCUT2D eigenvalue weighted by Gasteiger charge is -2.09. The Labute approximate surface area is 179 Å². The molecule has 0 aliphatic rings. The van der Waals surface area contributed by atoms with Gasteiger partial charge in [-0.25, -0.2) is 4.98 Å². The van der Waals surface area contributed by atoms with Crippen LogP contribution in [0.25, 0.3) is 26.9 Å². The molecule has 0 bridgehead atoms. The van der Waals surface area contributed by atoms with Gasteiger partial charge in [0.15, 0.2) is 5.01 Å². The van der Waals surface area contributed by atoms with Crippen LogP contribution in [-0.4, -0.2) is 25.8 Å². The standard InChI is InChI=1S/C20H18F3N5S2/c1-4-12-8-13(20(21,22)23)9-28-10-16(24-17(12)28)19-26-25-18(30-19)15-6-5-14(27-29-3)7-11(15)2/h5-10,27H,4H2,1-3H3. The van der Waals surface area contributed by atoms with Gasteiger partial charge in [-0.2, -0.15) is 13.2 Å². The third-order valence-corrected chi connectivity index (χ3v) is 6.08. The lowest BCUT2D eigenvalue weighted by molar-refractivity contribution is -0.137. The second kappa shape index (κ2) is 7.92. The minimum Gasteiger partial charge on any atom is -0.330 e. The topological polar surface area (TPSA) is 55.1 Å². The molecule has 0 amide bonds. The zero-order chi connectivity index (χ0) is 21.5. The third-order valence-electron chi connectivity index (χ3n) is 4.66. The van der Waals surface area contributed by atoms with Gasteiger partial charge in [-0.15, -0.1) is 10.2 Å². The molecule has 0 fully saturated rings. The smallest absolute Gasteiger partial charge is 0.330 e. The molecule has 0 aliphatic carbocycles. The fourth-order valence-corrected chi connectivity index (χ4v) is 4.46. The van der Waals surface area contributed by atoms with E-state index in [1.807, 2.05) is 38.3 Å². The average molecular weight is 450 g/mol. The summed E-state index contributed by atoms with van der Waals surface area (Å²) >= 11 is 2.88. The molecule has 0 saturated carbocycles. The molecule has 0 spiro atoms. The molecule has 0 radical (unpaired) electrons. The molecular formula is C20H18F3N5S2. The highest BCUT2D eigenvalue weighted by atomic mass is 32.2. The van der Waals surface area contributed by atoms with E-state index in [2.05, 4.69) is 19.9 Å². The van der Waals surface area contributed by atoms with E-state index in [4.69, 9.17) is 0 Å². The van der Waals surface area contributed by atoms with Gasteiger partial charge in [0.05, 0.1) is 5.56 Å². The van der Waals surface area contributed by atoms with E-state index >= 15 is 0 Å². The molecule has 0 aliphatic heterocycles. The minimum atomic E-state index is -4.41. The fourth-order valence-electron chi connectivity index (χ4n) is 3.21. The molecule has 156 valence electrons. The van der Waals surface area contributed by atoms with Gasteiger partial charge in [0, 0.05) is 29.9 Å². The number of hydrogen-bond donors (Lipinski definition) is 1. The number of nitrogens with zero attached hydrogens (tertiary/aromatic N) is 4. The molecule has 1 N–H and O–H groups in total. The summed E-state index contributed by atoms with van der Waals surface area (Å²) in [6.45, 7) is 3.81. The van der Waals surface area contributed by atoms with E-state index in [0.29, 0.717) is 28.3 Å². The highest BCUT2D eigenvalue weighted by Crippen LogP contribution is 2.35. The van der Waals surface area contributed by atoms with E-state index < -0.39 is 11.7 Å². The van der Waals surface area contributed by atoms with Crippen LogP contribution in [-0.2, 0) is 12.6 Å². The van der Waals surface area contributed by atoms with Gasteiger partial charge in [0.25, 0.3) is 0 Å². The normalized spacial score (nSPS) is 11.9. The first-order valence-corrected chi connectivity index (χ1v) is 11.2. The number of alkyl halides is 3. The lowest BCUT2D eigenvalue weighted by Crippen LogP contribution is -2.07. The predicted octanol–water partition coefficient (Wildman–Crippen LogP) is 6.10. The Morgan fingerprint density at radius 2 is 1.90 bits per heavy atom. The monoisotopic (exact) mass is 449 g/mol. The highest BCUT2D eigenvalue weighted by Gasteiger charge is 2.32. The summed E-state index contributed by atoms with van der Waals surface area (Å²) in [6, 6.07) is 7.14. The Hall–Kier alpha value is -2.59. The van der Waals surface area contributed by atoms with E-state index in [1.54, 1.807) is 6.20 Å². The average Bonchev–Trinajstić information content (AvgIpc) is 3.33. The molecule has 5 nitrogen and oxygen atoms in total. The van der Waals surface area contributed by atoms with E-state index in [0.717, 1.165) is 34.1 Å². The second-order valence-electron chi connectivity index (χ2n) is 6.71. The Kier molecular flexibility index (Phi) is 5.46. The molecule has 0 unspecified atom stereocenters. The molecule has 10 heteroatoms. The quantitative estimate of drug-likeness (QED) is 0.373. The van der Waals surface area contributed by atoms with Gasteiger partial charge in [0.2, 0.25) is 0 Å². The Balaban J connectivity index is 1.73. The molecule has 3 heterocycles. The van der Waals surface area contributed by atoms with Crippen molar-refractivity contribution >= 4 is 34.6 Å². The van der Waals surface area contributed by atoms with Crippen LogP contribution in [0.1, 0.15) is 23.6 Å². The molecule has 30 heavy (non-hydrogen) atoms. The van der Waals surface area contributed by atoms with Crippen molar-refractivity contribution in [3.8, 4) is 21.3 Å². The zero-order valence-corrected chi connectivity index (χ0v) is 18.0. The van der Waals surface area contributed by atoms with Gasteiger partial charge in [-0.05, 0) is 48.7 Å². The molecule has 4 aromatic rings. The molecular weight excluding hydrogens is 431 g/mol. The number of halogens is 3. The van der Waals surface area contributed by atoms with E-state index in [9.17, 15) is 13.2 Å². The number of aromatic nitrogens is 4. The minimum absolute atomic E-state index is 0.445. The number of anilines is 1. The summed E-state index contributed by atoms with van der Waals surface area (Å²) in [7, 11) is 0. The summed E-state index contributed by atoms with van der Waals surface area (Å²) in [6.07, 6.45) is 0.631. The van der Waals surface area contributed by atoms with Crippen LogP contribution in [0.3, 0.4) is 0 Å². The maximum Gasteiger partial charge on any atom is 0.417 e. The van der Waals surface area contributed by atoms with Crippen LogP contribution < -0.4 is 4.72 Å². The van der Waals surface area contributed by atoms with Crippen molar-refractivity contribution in [2.75, 3.05) is 11.0 Å². The van der Waals surface area contributed by atoms with Crippen molar-refractivity contribution in [1.29, 1.82) is 0 Å². The number of hydrogen-bond acceptors (Lipinski definition) is 6. The fraction of sp³-hybridized carbons (Fsp3) is 0.250. The van der Waals surface area contributed by atoms with Gasteiger partial charge in [0.1, 0.15) is 16.3 Å². The molecule has 3 aromatic heterocycles. The highest BCUT2D eigenvalue weighted by molar-refractivity contribution is 7.99. The Bertz CT molecular complexity index is 1210. The predicted molar refractivity (Wildman–Crippen MR) is 116 cm³/mol. The number of aryl methyl sites for hydroxylation is 2.